The molecule has 0 unspecified atom stereocenters. The summed E-state index contributed by atoms with van der Waals surface area (Å²) in [7, 11) is 0. The van der Waals surface area contributed by atoms with E-state index in [1.165, 1.54) is 22.3 Å². The van der Waals surface area contributed by atoms with E-state index in [0.29, 0.717) is 5.56 Å². The Morgan fingerprint density at radius 2 is 1.75 bits per heavy atom. The average Bonchev–Trinajstić information content (AvgIpc) is 2.89. The van der Waals surface area contributed by atoms with Gasteiger partial charge >= 0.3 is 0 Å². The van der Waals surface area contributed by atoms with Crippen molar-refractivity contribution in [3.63, 3.8) is 0 Å². The van der Waals surface area contributed by atoms with Gasteiger partial charge in [0.2, 0.25) is 0 Å². The molecule has 28 heavy (non-hydrogen) atoms. The molecule has 0 spiro atoms. The minimum Gasteiger partial charge on any atom is -0.358 e. The zero-order chi connectivity index (χ0) is 18.5. The second-order valence-electron chi connectivity index (χ2n) is 7.80. The zero-order valence-electron chi connectivity index (χ0n) is 17.0. The Balaban J connectivity index is 0.00000140. The van der Waals surface area contributed by atoms with Crippen LogP contribution in [-0.4, -0.2) is 10.8 Å². The molecule has 1 heterocycles. The first kappa shape index (κ1) is 22.2. The van der Waals surface area contributed by atoms with Gasteiger partial charge in [-0.2, -0.15) is 0 Å². The van der Waals surface area contributed by atoms with Crippen molar-refractivity contribution < 1.29 is 24.9 Å². The van der Waals surface area contributed by atoms with E-state index in [4.69, 9.17) is 0 Å². The van der Waals surface area contributed by atoms with Crippen molar-refractivity contribution in [3.8, 4) is 22.4 Å². The van der Waals surface area contributed by atoms with Crippen molar-refractivity contribution in [2.24, 2.45) is 5.92 Å². The van der Waals surface area contributed by atoms with Crippen molar-refractivity contribution in [2.75, 3.05) is 0 Å². The molecule has 4 rings (SSSR count). The molecule has 1 radical (unpaired) electrons. The van der Waals surface area contributed by atoms with Gasteiger partial charge in [-0.05, 0) is 16.7 Å². The Morgan fingerprint density at radius 3 is 2.39 bits per heavy atom. The maximum atomic E-state index is 12.1. The van der Waals surface area contributed by atoms with Crippen LogP contribution in [0.25, 0.3) is 22.4 Å². The molecule has 0 saturated heterocycles. The van der Waals surface area contributed by atoms with Gasteiger partial charge in [0.15, 0.2) is 5.78 Å². The van der Waals surface area contributed by atoms with E-state index < -0.39 is 0 Å². The van der Waals surface area contributed by atoms with Gasteiger partial charge in [-0.25, -0.2) is 0 Å². The Labute approximate surface area is 181 Å². The van der Waals surface area contributed by atoms with Gasteiger partial charge in [-0.15, -0.1) is 29.3 Å². The van der Waals surface area contributed by atoms with Crippen LogP contribution in [0.4, 0.5) is 0 Å². The molecule has 3 aromatic rings. The van der Waals surface area contributed by atoms with Crippen LogP contribution in [0.2, 0.25) is 0 Å². The van der Waals surface area contributed by atoms with Crippen LogP contribution in [0.1, 0.15) is 49.2 Å². The number of carbonyl (C=O) groups is 1. The van der Waals surface area contributed by atoms with E-state index >= 15 is 0 Å². The van der Waals surface area contributed by atoms with Crippen molar-refractivity contribution in [3.05, 3.63) is 84.9 Å². The number of ketones is 1. The molecule has 3 heteroatoms. The average molecular weight is 548 g/mol. The number of benzene rings is 2. The Bertz CT molecular complexity index is 1000. The fourth-order valence-corrected chi connectivity index (χ4v) is 3.82. The van der Waals surface area contributed by atoms with Crippen molar-refractivity contribution >= 4 is 5.78 Å². The molecule has 1 aliphatic carbocycles. The second kappa shape index (κ2) is 8.11. The monoisotopic (exact) mass is 548 g/mol. The number of nitrogens with zero attached hydrogens (tertiary/aromatic N) is 1. The minimum atomic E-state index is -0.0384. The molecule has 0 saturated carbocycles. The molecular formula is C25H25IrNO-2. The summed E-state index contributed by atoms with van der Waals surface area (Å²) in [6.45, 7) is 8.34. The Hall–Kier alpha value is -2.09. The Morgan fingerprint density at radius 1 is 1.04 bits per heavy atom. The molecule has 0 atom stereocenters. The van der Waals surface area contributed by atoms with Crippen LogP contribution < -0.4 is 0 Å². The first-order chi connectivity index (χ1) is 12.4. The van der Waals surface area contributed by atoms with Gasteiger partial charge < -0.3 is 12.4 Å². The van der Waals surface area contributed by atoms with E-state index in [2.05, 4.69) is 61.3 Å². The number of fused-ring (bicyclic) bond motifs is 3. The van der Waals surface area contributed by atoms with Crippen LogP contribution >= 0.6 is 0 Å². The van der Waals surface area contributed by atoms with Gasteiger partial charge in [-0.3, -0.25) is 4.79 Å². The number of Topliss-reactive ketones (excluding diaryl/α,β-unsaturated/α-hetero) is 1. The van der Waals surface area contributed by atoms with E-state index in [1.54, 1.807) is 6.20 Å². The summed E-state index contributed by atoms with van der Waals surface area (Å²) >= 11 is 0. The van der Waals surface area contributed by atoms with Gasteiger partial charge in [0.1, 0.15) is 0 Å². The topological polar surface area (TPSA) is 30.0 Å². The maximum Gasteiger partial charge on any atom is 0.166 e. The predicted octanol–water partition coefficient (Wildman–Crippen LogP) is 6.14. The summed E-state index contributed by atoms with van der Waals surface area (Å²) in [5.74, 6) is 0.104. The largest absolute Gasteiger partial charge is 0.358 e. The van der Waals surface area contributed by atoms with E-state index in [9.17, 15) is 4.79 Å². The van der Waals surface area contributed by atoms with Crippen molar-refractivity contribution in [2.45, 2.75) is 33.1 Å². The molecule has 1 aromatic heterocycles. The number of pyridine rings is 1. The molecule has 0 bridgehead atoms. The summed E-state index contributed by atoms with van der Waals surface area (Å²) < 4.78 is 0. The van der Waals surface area contributed by atoms with Crippen molar-refractivity contribution in [1.29, 1.82) is 0 Å². The molecule has 2 nitrogen and oxygen atoms in total. The summed E-state index contributed by atoms with van der Waals surface area (Å²) in [6, 6.07) is 20.0. The third-order valence-corrected chi connectivity index (χ3v) is 5.36. The maximum absolute atomic E-state index is 12.1. The van der Waals surface area contributed by atoms with Crippen LogP contribution in [0.15, 0.2) is 54.7 Å². The third kappa shape index (κ3) is 3.50. The van der Waals surface area contributed by atoms with Crippen LogP contribution in [0.3, 0.4) is 0 Å². The van der Waals surface area contributed by atoms with Crippen molar-refractivity contribution in [1.82, 2.24) is 4.98 Å². The number of hydrogen-bond acceptors (Lipinski definition) is 2. The van der Waals surface area contributed by atoms with E-state index in [-0.39, 0.29) is 44.6 Å². The summed E-state index contributed by atoms with van der Waals surface area (Å²) in [6.07, 6.45) is 1.68. The second-order valence-corrected chi connectivity index (χ2v) is 7.80. The zero-order valence-corrected chi connectivity index (χ0v) is 19.4. The molecular weight excluding hydrogens is 522 g/mol. The summed E-state index contributed by atoms with van der Waals surface area (Å²) in [4.78, 5) is 16.6. The van der Waals surface area contributed by atoms with Gasteiger partial charge in [0.05, 0.1) is 0 Å². The fourth-order valence-electron chi connectivity index (χ4n) is 3.82. The fraction of sp³-hybridized carbons (Fsp3) is 0.240. The standard InChI is InChI=1S/C24H22NO.CH3.Ir/c1-15(2)23(26)17-10-12-22(25-14-17)16-9-11-19-18-7-5-6-8-20(18)24(3,4)21(19)13-16;;/h5-8,10-15H,1-4H3;1H3;/q2*-1;. The first-order valence-corrected chi connectivity index (χ1v) is 9.06. The van der Waals surface area contributed by atoms with Crippen LogP contribution in [0, 0.1) is 19.4 Å². The molecule has 0 aliphatic heterocycles. The normalized spacial score (nSPS) is 13.2. The molecule has 2 aromatic carbocycles. The molecule has 0 N–H and O–H groups in total. The third-order valence-electron chi connectivity index (χ3n) is 5.36. The molecule has 147 valence electrons. The number of carbonyl (C=O) groups excluding carboxylic acids is 1. The van der Waals surface area contributed by atoms with E-state index in [1.807, 2.05) is 26.0 Å². The van der Waals surface area contributed by atoms with Crippen LogP contribution in [-0.2, 0) is 25.5 Å². The minimum absolute atomic E-state index is 0. The van der Waals surface area contributed by atoms with Gasteiger partial charge in [-0.1, -0.05) is 75.2 Å². The number of aromatic nitrogens is 1. The smallest absolute Gasteiger partial charge is 0.166 e. The Kier molecular flexibility index (Phi) is 6.43. The SMILES string of the molecule is CC(C)C(=O)c1ccc(-c2[c-]cc3c(c2)C(C)(C)c2ccccc2-3)nc1.[CH3-].[Ir]. The summed E-state index contributed by atoms with van der Waals surface area (Å²) in [5, 5.41) is 0. The molecule has 0 fully saturated rings. The number of hydrogen-bond donors (Lipinski definition) is 0. The molecule has 0 amide bonds. The van der Waals surface area contributed by atoms with Gasteiger partial charge in [0, 0.05) is 37.8 Å². The summed E-state index contributed by atoms with van der Waals surface area (Å²) in [5.41, 5.74) is 7.64. The first-order valence-electron chi connectivity index (χ1n) is 9.06. The van der Waals surface area contributed by atoms with Crippen LogP contribution in [0.5, 0.6) is 0 Å². The van der Waals surface area contributed by atoms with Gasteiger partial charge in [0.25, 0.3) is 0 Å². The molecule has 1 aliphatic rings. The quantitative estimate of drug-likeness (QED) is 0.291. The predicted molar refractivity (Wildman–Crippen MR) is 112 cm³/mol. The number of rotatable bonds is 3. The van der Waals surface area contributed by atoms with E-state index in [0.717, 1.165) is 11.3 Å².